The van der Waals surface area contributed by atoms with Gasteiger partial charge in [0.2, 0.25) is 0 Å². The van der Waals surface area contributed by atoms with Gasteiger partial charge in [0.1, 0.15) is 5.82 Å². The maximum atomic E-state index is 5.09. The van der Waals surface area contributed by atoms with Crippen molar-refractivity contribution in [1.82, 2.24) is 9.55 Å². The molecular formula is C38H26N2. The van der Waals surface area contributed by atoms with E-state index in [0.29, 0.717) is 0 Å². The summed E-state index contributed by atoms with van der Waals surface area (Å²) >= 11 is 0. The zero-order chi connectivity index (χ0) is 26.6. The summed E-state index contributed by atoms with van der Waals surface area (Å²) in [4.78, 5) is 5.09. The van der Waals surface area contributed by atoms with E-state index in [2.05, 4.69) is 145 Å². The van der Waals surface area contributed by atoms with Crippen molar-refractivity contribution in [1.29, 1.82) is 0 Å². The number of hydrogen-bond acceptors (Lipinski definition) is 1. The molecule has 40 heavy (non-hydrogen) atoms. The van der Waals surface area contributed by atoms with Gasteiger partial charge in [0, 0.05) is 12.6 Å². The lowest BCUT2D eigenvalue weighted by atomic mass is 9.85. The van der Waals surface area contributed by atoms with Crippen LogP contribution in [0.5, 0.6) is 0 Å². The minimum absolute atomic E-state index is 0.981. The van der Waals surface area contributed by atoms with Gasteiger partial charge in [-0.15, -0.1) is 0 Å². The SMILES string of the molecule is Cn1c(-c2ccccc2)nc2cc(-c3c4ccccc4c(-c4ccc5ccccc5c4)c4ccccc34)ccc21. The lowest BCUT2D eigenvalue weighted by Gasteiger charge is -2.18. The van der Waals surface area contributed by atoms with Crippen molar-refractivity contribution in [3.8, 4) is 33.6 Å². The highest BCUT2D eigenvalue weighted by atomic mass is 15.1. The van der Waals surface area contributed by atoms with Gasteiger partial charge in [-0.05, 0) is 72.8 Å². The van der Waals surface area contributed by atoms with Gasteiger partial charge in [0.05, 0.1) is 11.0 Å². The fourth-order valence-corrected chi connectivity index (χ4v) is 6.30. The van der Waals surface area contributed by atoms with E-state index < -0.39 is 0 Å². The van der Waals surface area contributed by atoms with Gasteiger partial charge < -0.3 is 4.57 Å². The van der Waals surface area contributed by atoms with Crippen LogP contribution in [0.1, 0.15) is 0 Å². The molecule has 0 aliphatic carbocycles. The third-order valence-corrected chi connectivity index (χ3v) is 8.17. The summed E-state index contributed by atoms with van der Waals surface area (Å²) in [5, 5.41) is 7.54. The maximum Gasteiger partial charge on any atom is 0.140 e. The molecular weight excluding hydrogens is 484 g/mol. The molecule has 0 radical (unpaired) electrons. The molecule has 0 aliphatic rings. The van der Waals surface area contributed by atoms with E-state index in [0.717, 1.165) is 22.4 Å². The fraction of sp³-hybridized carbons (Fsp3) is 0.0263. The smallest absolute Gasteiger partial charge is 0.140 e. The maximum absolute atomic E-state index is 5.09. The van der Waals surface area contributed by atoms with Crippen molar-refractivity contribution in [2.75, 3.05) is 0 Å². The monoisotopic (exact) mass is 510 g/mol. The number of rotatable bonds is 3. The molecule has 8 aromatic rings. The largest absolute Gasteiger partial charge is 0.327 e. The molecule has 2 nitrogen and oxygen atoms in total. The third kappa shape index (κ3) is 3.47. The van der Waals surface area contributed by atoms with Crippen LogP contribution in [0.4, 0.5) is 0 Å². The Labute approximate surface area is 232 Å². The number of imidazole rings is 1. The van der Waals surface area contributed by atoms with Crippen molar-refractivity contribution in [3.05, 3.63) is 140 Å². The zero-order valence-electron chi connectivity index (χ0n) is 22.2. The van der Waals surface area contributed by atoms with Gasteiger partial charge in [-0.1, -0.05) is 121 Å². The first-order valence-electron chi connectivity index (χ1n) is 13.7. The number of hydrogen-bond donors (Lipinski definition) is 0. The fourth-order valence-electron chi connectivity index (χ4n) is 6.30. The second kappa shape index (κ2) is 8.93. The van der Waals surface area contributed by atoms with Gasteiger partial charge in [-0.3, -0.25) is 0 Å². The lowest BCUT2D eigenvalue weighted by molar-refractivity contribution is 0.959. The number of benzene rings is 7. The Morgan fingerprint density at radius 3 is 1.62 bits per heavy atom. The van der Waals surface area contributed by atoms with Gasteiger partial charge in [-0.25, -0.2) is 4.98 Å². The first-order valence-corrected chi connectivity index (χ1v) is 13.7. The number of aryl methyl sites for hydroxylation is 1. The van der Waals surface area contributed by atoms with Gasteiger partial charge in [0.15, 0.2) is 0 Å². The molecule has 7 aromatic carbocycles. The van der Waals surface area contributed by atoms with Gasteiger partial charge in [0.25, 0.3) is 0 Å². The van der Waals surface area contributed by atoms with E-state index in [4.69, 9.17) is 4.98 Å². The highest BCUT2D eigenvalue weighted by molar-refractivity contribution is 6.22. The van der Waals surface area contributed by atoms with E-state index in [1.807, 2.05) is 6.07 Å². The molecule has 2 heteroatoms. The van der Waals surface area contributed by atoms with Gasteiger partial charge >= 0.3 is 0 Å². The summed E-state index contributed by atoms with van der Waals surface area (Å²) in [7, 11) is 2.10. The molecule has 188 valence electrons. The molecule has 1 aromatic heterocycles. The van der Waals surface area contributed by atoms with Crippen LogP contribution in [-0.4, -0.2) is 9.55 Å². The highest BCUT2D eigenvalue weighted by Crippen LogP contribution is 2.44. The van der Waals surface area contributed by atoms with E-state index >= 15 is 0 Å². The Kier molecular flexibility index (Phi) is 5.08. The molecule has 0 saturated heterocycles. The van der Waals surface area contributed by atoms with E-state index in [-0.39, 0.29) is 0 Å². The molecule has 0 atom stereocenters. The molecule has 1 heterocycles. The molecule has 0 unspecified atom stereocenters. The Morgan fingerprint density at radius 2 is 0.975 bits per heavy atom. The predicted octanol–water partition coefficient (Wildman–Crippen LogP) is 10.0. The molecule has 0 amide bonds. The Balaban J connectivity index is 1.41. The summed E-state index contributed by atoms with van der Waals surface area (Å²) in [5.41, 5.74) is 8.22. The van der Waals surface area contributed by atoms with Crippen LogP contribution in [0.2, 0.25) is 0 Å². The summed E-state index contributed by atoms with van der Waals surface area (Å²) < 4.78 is 2.19. The third-order valence-electron chi connectivity index (χ3n) is 8.17. The molecule has 0 N–H and O–H groups in total. The second-order valence-electron chi connectivity index (χ2n) is 10.5. The summed E-state index contributed by atoms with van der Waals surface area (Å²) in [5.74, 6) is 0.981. The molecule has 0 spiro atoms. The van der Waals surface area contributed by atoms with Crippen molar-refractivity contribution in [3.63, 3.8) is 0 Å². The average Bonchev–Trinajstić information content (AvgIpc) is 3.35. The van der Waals surface area contributed by atoms with Crippen LogP contribution >= 0.6 is 0 Å². The topological polar surface area (TPSA) is 17.8 Å². The van der Waals surface area contributed by atoms with Crippen molar-refractivity contribution in [2.24, 2.45) is 7.05 Å². The van der Waals surface area contributed by atoms with E-state index in [9.17, 15) is 0 Å². The average molecular weight is 511 g/mol. The van der Waals surface area contributed by atoms with Crippen LogP contribution in [0, 0.1) is 0 Å². The van der Waals surface area contributed by atoms with Crippen LogP contribution in [-0.2, 0) is 7.05 Å². The number of fused-ring (bicyclic) bond motifs is 4. The zero-order valence-corrected chi connectivity index (χ0v) is 22.2. The van der Waals surface area contributed by atoms with E-state index in [1.54, 1.807) is 0 Å². The van der Waals surface area contributed by atoms with Crippen molar-refractivity contribution < 1.29 is 0 Å². The van der Waals surface area contributed by atoms with Crippen molar-refractivity contribution in [2.45, 2.75) is 0 Å². The highest BCUT2D eigenvalue weighted by Gasteiger charge is 2.18. The Bertz CT molecular complexity index is 2160. The van der Waals surface area contributed by atoms with Crippen LogP contribution in [0.25, 0.3) is 77.0 Å². The van der Waals surface area contributed by atoms with Crippen molar-refractivity contribution >= 4 is 43.4 Å². The Morgan fingerprint density at radius 1 is 0.450 bits per heavy atom. The Hall–Kier alpha value is -5.21. The molecule has 0 fully saturated rings. The quantitative estimate of drug-likeness (QED) is 0.216. The molecule has 8 rings (SSSR count). The first kappa shape index (κ1) is 22.7. The van der Waals surface area contributed by atoms with Gasteiger partial charge in [-0.2, -0.15) is 0 Å². The number of nitrogens with zero attached hydrogens (tertiary/aromatic N) is 2. The summed E-state index contributed by atoms with van der Waals surface area (Å²) in [6, 6.07) is 50.2. The van der Waals surface area contributed by atoms with Crippen LogP contribution in [0.15, 0.2) is 140 Å². The summed E-state index contributed by atoms with van der Waals surface area (Å²) in [6.45, 7) is 0. The normalized spacial score (nSPS) is 11.6. The lowest BCUT2D eigenvalue weighted by Crippen LogP contribution is -1.92. The van der Waals surface area contributed by atoms with Crippen LogP contribution in [0.3, 0.4) is 0 Å². The summed E-state index contributed by atoms with van der Waals surface area (Å²) in [6.07, 6.45) is 0. The molecule has 0 bridgehead atoms. The molecule has 0 saturated carbocycles. The van der Waals surface area contributed by atoms with E-state index in [1.165, 1.54) is 54.6 Å². The predicted molar refractivity (Wildman–Crippen MR) is 170 cm³/mol. The minimum atomic E-state index is 0.981. The second-order valence-corrected chi connectivity index (χ2v) is 10.5. The first-order chi connectivity index (χ1) is 19.8. The number of aromatic nitrogens is 2. The van der Waals surface area contributed by atoms with Crippen LogP contribution < -0.4 is 0 Å². The standard InChI is InChI=1S/C38H26N2/c1-40-35-22-21-29(24-34(35)39-38(40)26-12-3-2-4-13-26)37-32-17-9-7-15-30(32)36(31-16-8-10-18-33(31)37)28-20-19-25-11-5-6-14-27(25)23-28/h2-24H,1H3. The molecule has 0 aliphatic heterocycles. The minimum Gasteiger partial charge on any atom is -0.327 e.